The van der Waals surface area contributed by atoms with Gasteiger partial charge in [0.25, 0.3) is 0 Å². The van der Waals surface area contributed by atoms with Gasteiger partial charge in [-0.2, -0.15) is 23.5 Å². The molecule has 116 valence electrons. The SMILES string of the molecule is NC(=O)C1CCN(CCCNC2CSCCSC2)CC1. The van der Waals surface area contributed by atoms with Gasteiger partial charge in [0, 0.05) is 35.0 Å². The lowest BCUT2D eigenvalue weighted by atomic mass is 9.96. The molecule has 2 heterocycles. The average molecular weight is 318 g/mol. The van der Waals surface area contributed by atoms with Gasteiger partial charge in [0.05, 0.1) is 0 Å². The van der Waals surface area contributed by atoms with Crippen LogP contribution in [0.4, 0.5) is 0 Å². The number of nitrogens with zero attached hydrogens (tertiary/aromatic N) is 1. The number of carbonyl (C=O) groups excluding carboxylic acids is 1. The van der Waals surface area contributed by atoms with Gasteiger partial charge in [-0.15, -0.1) is 0 Å². The quantitative estimate of drug-likeness (QED) is 0.716. The average Bonchev–Trinajstić information content (AvgIpc) is 2.73. The third-order valence-corrected chi connectivity index (χ3v) is 6.60. The number of amides is 1. The van der Waals surface area contributed by atoms with Crippen LogP contribution >= 0.6 is 23.5 Å². The second kappa shape index (κ2) is 9.18. The van der Waals surface area contributed by atoms with Gasteiger partial charge < -0.3 is 16.0 Å². The Bertz CT molecular complexity index is 288. The number of carbonyl (C=O) groups is 1. The van der Waals surface area contributed by atoms with Crippen molar-refractivity contribution in [3.05, 3.63) is 0 Å². The molecule has 0 aromatic rings. The molecule has 6 heteroatoms. The second-order valence-electron chi connectivity index (χ2n) is 5.67. The zero-order valence-corrected chi connectivity index (χ0v) is 13.8. The minimum atomic E-state index is -0.116. The fourth-order valence-corrected chi connectivity index (χ4v) is 5.25. The van der Waals surface area contributed by atoms with Crippen molar-refractivity contribution in [1.82, 2.24) is 10.2 Å². The smallest absolute Gasteiger partial charge is 0.220 e. The van der Waals surface area contributed by atoms with Crippen LogP contribution in [0.5, 0.6) is 0 Å². The molecule has 2 saturated heterocycles. The van der Waals surface area contributed by atoms with Gasteiger partial charge in [-0.1, -0.05) is 0 Å². The Morgan fingerprint density at radius 1 is 1.20 bits per heavy atom. The van der Waals surface area contributed by atoms with Crippen molar-refractivity contribution < 1.29 is 4.79 Å². The molecule has 2 rings (SSSR count). The van der Waals surface area contributed by atoms with Gasteiger partial charge in [0.1, 0.15) is 0 Å². The standard InChI is InChI=1S/C14H27N3OS2/c15-14(18)12-2-6-17(7-3-12)5-1-4-16-13-10-19-8-9-20-11-13/h12-13,16H,1-11H2,(H2,15,18). The molecule has 0 unspecified atom stereocenters. The number of rotatable bonds is 6. The third-order valence-electron chi connectivity index (χ3n) is 4.08. The number of nitrogens with one attached hydrogen (secondary N) is 1. The van der Waals surface area contributed by atoms with Gasteiger partial charge in [-0.3, -0.25) is 4.79 Å². The van der Waals surface area contributed by atoms with Crippen LogP contribution in [0, 0.1) is 5.92 Å². The summed E-state index contributed by atoms with van der Waals surface area (Å²) in [5.74, 6) is 5.13. The first-order chi connectivity index (χ1) is 9.75. The summed E-state index contributed by atoms with van der Waals surface area (Å²) in [6.07, 6.45) is 3.09. The van der Waals surface area contributed by atoms with Gasteiger partial charge in [0.2, 0.25) is 5.91 Å². The molecule has 0 radical (unpaired) electrons. The Balaban J connectivity index is 1.52. The van der Waals surface area contributed by atoms with Gasteiger partial charge in [0.15, 0.2) is 0 Å². The van der Waals surface area contributed by atoms with Crippen LogP contribution in [-0.4, -0.2) is 66.0 Å². The van der Waals surface area contributed by atoms with Crippen molar-refractivity contribution in [1.29, 1.82) is 0 Å². The van der Waals surface area contributed by atoms with Crippen molar-refractivity contribution in [3.63, 3.8) is 0 Å². The molecule has 2 fully saturated rings. The topological polar surface area (TPSA) is 58.4 Å². The number of hydrogen-bond acceptors (Lipinski definition) is 5. The molecule has 0 bridgehead atoms. The van der Waals surface area contributed by atoms with Crippen LogP contribution in [0.25, 0.3) is 0 Å². The predicted molar refractivity (Wildman–Crippen MR) is 89.4 cm³/mol. The summed E-state index contributed by atoms with van der Waals surface area (Å²) in [7, 11) is 0. The molecule has 0 aromatic heterocycles. The Kier molecular flexibility index (Phi) is 7.55. The highest BCUT2D eigenvalue weighted by molar-refractivity contribution is 8.03. The van der Waals surface area contributed by atoms with E-state index in [0.717, 1.165) is 39.0 Å². The number of hydrogen-bond donors (Lipinski definition) is 2. The first-order valence-electron chi connectivity index (χ1n) is 7.66. The fraction of sp³-hybridized carbons (Fsp3) is 0.929. The Hall–Kier alpha value is 0.0900. The highest BCUT2D eigenvalue weighted by atomic mass is 32.2. The molecule has 4 nitrogen and oxygen atoms in total. The summed E-state index contributed by atoms with van der Waals surface area (Å²) in [6, 6.07) is 0.688. The van der Waals surface area contributed by atoms with Crippen molar-refractivity contribution in [2.24, 2.45) is 11.7 Å². The minimum Gasteiger partial charge on any atom is -0.369 e. The summed E-state index contributed by atoms with van der Waals surface area (Å²) in [5, 5.41) is 3.69. The van der Waals surface area contributed by atoms with Gasteiger partial charge in [-0.05, 0) is 45.4 Å². The maximum atomic E-state index is 11.1. The molecule has 0 aromatic carbocycles. The summed E-state index contributed by atoms with van der Waals surface area (Å²) < 4.78 is 0. The van der Waals surface area contributed by atoms with Crippen LogP contribution in [0.2, 0.25) is 0 Å². The van der Waals surface area contributed by atoms with E-state index in [1.54, 1.807) is 0 Å². The number of thioether (sulfide) groups is 2. The molecule has 3 N–H and O–H groups in total. The number of primary amides is 1. The summed E-state index contributed by atoms with van der Waals surface area (Å²) in [6.45, 7) is 4.32. The fourth-order valence-electron chi connectivity index (χ4n) is 2.78. The predicted octanol–water partition coefficient (Wildman–Crippen LogP) is 1.01. The molecule has 0 saturated carbocycles. The molecule has 0 aliphatic carbocycles. The molecule has 20 heavy (non-hydrogen) atoms. The molecular formula is C14H27N3OS2. The van der Waals surface area contributed by atoms with Crippen LogP contribution < -0.4 is 11.1 Å². The largest absolute Gasteiger partial charge is 0.369 e. The molecule has 2 aliphatic rings. The molecule has 2 aliphatic heterocycles. The van der Waals surface area contributed by atoms with Crippen LogP contribution in [0.15, 0.2) is 0 Å². The van der Waals surface area contributed by atoms with E-state index in [1.807, 2.05) is 0 Å². The Morgan fingerprint density at radius 3 is 2.45 bits per heavy atom. The molecule has 0 atom stereocenters. The van der Waals surface area contributed by atoms with E-state index in [0.29, 0.717) is 6.04 Å². The van der Waals surface area contributed by atoms with Gasteiger partial charge in [-0.25, -0.2) is 0 Å². The maximum Gasteiger partial charge on any atom is 0.220 e. The normalized spacial score (nSPS) is 23.6. The zero-order chi connectivity index (χ0) is 14.2. The summed E-state index contributed by atoms with van der Waals surface area (Å²) >= 11 is 4.15. The minimum absolute atomic E-state index is 0.115. The van der Waals surface area contributed by atoms with E-state index in [-0.39, 0.29) is 11.8 Å². The molecule has 0 spiro atoms. The highest BCUT2D eigenvalue weighted by Gasteiger charge is 2.22. The van der Waals surface area contributed by atoms with E-state index < -0.39 is 0 Å². The van der Waals surface area contributed by atoms with Crippen molar-refractivity contribution in [3.8, 4) is 0 Å². The second-order valence-corrected chi connectivity index (χ2v) is 7.97. The van der Waals surface area contributed by atoms with Crippen LogP contribution in [0.1, 0.15) is 19.3 Å². The van der Waals surface area contributed by atoms with E-state index in [4.69, 9.17) is 5.73 Å². The van der Waals surface area contributed by atoms with Gasteiger partial charge >= 0.3 is 0 Å². The Morgan fingerprint density at radius 2 is 1.85 bits per heavy atom. The molecule has 1 amide bonds. The third kappa shape index (κ3) is 5.84. The zero-order valence-electron chi connectivity index (χ0n) is 12.2. The van der Waals surface area contributed by atoms with E-state index in [1.165, 1.54) is 29.4 Å². The monoisotopic (exact) mass is 317 g/mol. The lowest BCUT2D eigenvalue weighted by Gasteiger charge is -2.30. The summed E-state index contributed by atoms with van der Waals surface area (Å²) in [4.78, 5) is 13.6. The highest BCUT2D eigenvalue weighted by Crippen LogP contribution is 2.17. The number of likely N-dealkylation sites (tertiary alicyclic amines) is 1. The van der Waals surface area contributed by atoms with Crippen molar-refractivity contribution in [2.75, 3.05) is 49.2 Å². The molecular weight excluding hydrogens is 290 g/mol. The van der Waals surface area contributed by atoms with E-state index >= 15 is 0 Å². The van der Waals surface area contributed by atoms with Crippen LogP contribution in [-0.2, 0) is 4.79 Å². The first kappa shape index (κ1) is 16.5. The lowest BCUT2D eigenvalue weighted by molar-refractivity contribution is -0.123. The van der Waals surface area contributed by atoms with Crippen LogP contribution in [0.3, 0.4) is 0 Å². The number of nitrogens with two attached hydrogens (primary N) is 1. The number of piperidine rings is 1. The summed E-state index contributed by atoms with van der Waals surface area (Å²) in [5.41, 5.74) is 5.36. The lowest BCUT2D eigenvalue weighted by Crippen LogP contribution is -2.40. The van der Waals surface area contributed by atoms with E-state index in [9.17, 15) is 4.79 Å². The maximum absolute atomic E-state index is 11.1. The van der Waals surface area contributed by atoms with Crippen molar-refractivity contribution in [2.45, 2.75) is 25.3 Å². The Labute approximate surface area is 131 Å². The van der Waals surface area contributed by atoms with E-state index in [2.05, 4.69) is 33.7 Å². The first-order valence-corrected chi connectivity index (χ1v) is 9.97. The van der Waals surface area contributed by atoms with Crippen molar-refractivity contribution >= 4 is 29.4 Å².